The van der Waals surface area contributed by atoms with Crippen LogP contribution in [0.2, 0.25) is 0 Å². The molecule has 0 radical (unpaired) electrons. The van der Waals surface area contributed by atoms with Gasteiger partial charge in [0.25, 0.3) is 5.91 Å². The van der Waals surface area contributed by atoms with Crippen molar-refractivity contribution in [2.75, 3.05) is 13.1 Å². The first-order valence-electron chi connectivity index (χ1n) is 6.25. The SMILES string of the molecule is C=CCNC(=O)[C@@H]1C=CCN1C(=O)c1ccc(F)cc1. The summed E-state index contributed by atoms with van der Waals surface area (Å²) in [5, 5.41) is 2.66. The summed E-state index contributed by atoms with van der Waals surface area (Å²) in [5.41, 5.74) is 0.358. The van der Waals surface area contributed by atoms with Crippen molar-refractivity contribution in [1.29, 1.82) is 0 Å². The molecule has 1 atom stereocenters. The number of hydrogen-bond donors (Lipinski definition) is 1. The molecule has 1 aliphatic heterocycles. The van der Waals surface area contributed by atoms with Crippen LogP contribution in [0.25, 0.3) is 0 Å². The molecular weight excluding hydrogens is 259 g/mol. The van der Waals surface area contributed by atoms with Gasteiger partial charge in [-0.15, -0.1) is 6.58 Å². The lowest BCUT2D eigenvalue weighted by Gasteiger charge is -2.23. The molecule has 0 unspecified atom stereocenters. The van der Waals surface area contributed by atoms with Gasteiger partial charge in [0, 0.05) is 18.7 Å². The molecule has 2 amide bonds. The normalized spacial score (nSPS) is 17.1. The van der Waals surface area contributed by atoms with E-state index in [0.29, 0.717) is 18.7 Å². The van der Waals surface area contributed by atoms with Crippen LogP contribution < -0.4 is 5.32 Å². The summed E-state index contributed by atoms with van der Waals surface area (Å²) in [6.07, 6.45) is 5.02. The molecule has 0 bridgehead atoms. The molecule has 5 heteroatoms. The number of carbonyl (C=O) groups is 2. The van der Waals surface area contributed by atoms with E-state index in [9.17, 15) is 14.0 Å². The van der Waals surface area contributed by atoms with Crippen molar-refractivity contribution >= 4 is 11.8 Å². The number of benzene rings is 1. The molecule has 0 aliphatic carbocycles. The number of nitrogens with zero attached hydrogens (tertiary/aromatic N) is 1. The molecule has 1 aromatic carbocycles. The van der Waals surface area contributed by atoms with Crippen LogP contribution in [0.15, 0.2) is 49.1 Å². The van der Waals surface area contributed by atoms with Crippen LogP contribution in [0.1, 0.15) is 10.4 Å². The second-order valence-electron chi connectivity index (χ2n) is 4.37. The van der Waals surface area contributed by atoms with Crippen LogP contribution in [0, 0.1) is 5.82 Å². The molecule has 0 saturated carbocycles. The molecule has 20 heavy (non-hydrogen) atoms. The molecule has 104 valence electrons. The van der Waals surface area contributed by atoms with E-state index < -0.39 is 11.9 Å². The Bertz CT molecular complexity index is 551. The van der Waals surface area contributed by atoms with Gasteiger partial charge in [0.15, 0.2) is 0 Å². The second kappa shape index (κ2) is 6.14. The summed E-state index contributed by atoms with van der Waals surface area (Å²) in [4.78, 5) is 25.7. The average molecular weight is 274 g/mol. The first-order chi connectivity index (χ1) is 9.63. The fraction of sp³-hybridized carbons (Fsp3) is 0.200. The van der Waals surface area contributed by atoms with Crippen molar-refractivity contribution < 1.29 is 14.0 Å². The van der Waals surface area contributed by atoms with E-state index in [1.807, 2.05) is 0 Å². The van der Waals surface area contributed by atoms with Crippen LogP contribution in [-0.2, 0) is 4.79 Å². The van der Waals surface area contributed by atoms with Crippen LogP contribution in [0.4, 0.5) is 4.39 Å². The first-order valence-corrected chi connectivity index (χ1v) is 6.25. The van der Waals surface area contributed by atoms with Crippen molar-refractivity contribution in [3.63, 3.8) is 0 Å². The maximum absolute atomic E-state index is 12.9. The summed E-state index contributed by atoms with van der Waals surface area (Å²) in [7, 11) is 0. The van der Waals surface area contributed by atoms with E-state index in [1.54, 1.807) is 18.2 Å². The maximum atomic E-state index is 12.9. The Balaban J connectivity index is 2.11. The van der Waals surface area contributed by atoms with Gasteiger partial charge in [-0.05, 0) is 24.3 Å². The monoisotopic (exact) mass is 274 g/mol. The third-order valence-electron chi connectivity index (χ3n) is 3.00. The number of hydrogen-bond acceptors (Lipinski definition) is 2. The zero-order valence-corrected chi connectivity index (χ0v) is 10.9. The molecule has 4 nitrogen and oxygen atoms in total. The predicted octanol–water partition coefficient (Wildman–Crippen LogP) is 1.51. The molecule has 0 fully saturated rings. The summed E-state index contributed by atoms with van der Waals surface area (Å²) >= 11 is 0. The van der Waals surface area contributed by atoms with E-state index in [0.717, 1.165) is 0 Å². The number of amides is 2. The van der Waals surface area contributed by atoms with Gasteiger partial charge >= 0.3 is 0 Å². The van der Waals surface area contributed by atoms with E-state index in [-0.39, 0.29) is 11.8 Å². The van der Waals surface area contributed by atoms with Gasteiger partial charge in [-0.25, -0.2) is 4.39 Å². The number of carbonyl (C=O) groups excluding carboxylic acids is 2. The Morgan fingerprint density at radius 3 is 2.75 bits per heavy atom. The summed E-state index contributed by atoms with van der Waals surface area (Å²) < 4.78 is 12.9. The number of rotatable bonds is 4. The van der Waals surface area contributed by atoms with Gasteiger partial charge < -0.3 is 10.2 Å². The lowest BCUT2D eigenvalue weighted by molar-refractivity contribution is -0.123. The number of halogens is 1. The van der Waals surface area contributed by atoms with Crippen molar-refractivity contribution in [3.05, 3.63) is 60.5 Å². The summed E-state index contributed by atoms with van der Waals surface area (Å²) in [6, 6.07) is 4.64. The van der Waals surface area contributed by atoms with Crippen molar-refractivity contribution in [1.82, 2.24) is 10.2 Å². The van der Waals surface area contributed by atoms with Crippen molar-refractivity contribution in [2.45, 2.75) is 6.04 Å². The minimum atomic E-state index is -0.632. The van der Waals surface area contributed by atoms with Crippen LogP contribution in [0.3, 0.4) is 0 Å². The molecule has 1 aromatic rings. The first kappa shape index (κ1) is 14.0. The van der Waals surface area contributed by atoms with E-state index in [2.05, 4.69) is 11.9 Å². The van der Waals surface area contributed by atoms with Gasteiger partial charge in [0.05, 0.1) is 0 Å². The maximum Gasteiger partial charge on any atom is 0.255 e. The standard InChI is InChI=1S/C15H15FN2O2/c1-2-9-17-14(19)13-4-3-10-18(13)15(20)11-5-7-12(16)8-6-11/h2-8,13H,1,9-10H2,(H,17,19)/t13-/m0/s1. The van der Waals surface area contributed by atoms with Crippen molar-refractivity contribution in [2.24, 2.45) is 0 Å². The minimum Gasteiger partial charge on any atom is -0.351 e. The summed E-state index contributed by atoms with van der Waals surface area (Å²) in [5.74, 6) is -0.954. The zero-order valence-electron chi connectivity index (χ0n) is 10.9. The lowest BCUT2D eigenvalue weighted by atomic mass is 10.1. The van der Waals surface area contributed by atoms with Gasteiger partial charge in [0.2, 0.25) is 5.91 Å². The molecule has 1 aliphatic rings. The molecule has 0 saturated heterocycles. The van der Waals surface area contributed by atoms with Gasteiger partial charge in [-0.3, -0.25) is 9.59 Å². The highest BCUT2D eigenvalue weighted by Crippen LogP contribution is 2.15. The Kier molecular flexibility index (Phi) is 4.30. The van der Waals surface area contributed by atoms with Gasteiger partial charge in [0.1, 0.15) is 11.9 Å². The quantitative estimate of drug-likeness (QED) is 0.846. The highest BCUT2D eigenvalue weighted by atomic mass is 19.1. The third kappa shape index (κ3) is 2.93. The van der Waals surface area contributed by atoms with Crippen LogP contribution in [-0.4, -0.2) is 35.8 Å². The average Bonchev–Trinajstić information content (AvgIpc) is 2.94. The van der Waals surface area contributed by atoms with Crippen LogP contribution in [0.5, 0.6) is 0 Å². The Labute approximate surface area is 116 Å². The largest absolute Gasteiger partial charge is 0.351 e. The summed E-state index contributed by atoms with van der Waals surface area (Å²) in [6.45, 7) is 4.23. The number of nitrogens with one attached hydrogen (secondary N) is 1. The second-order valence-corrected chi connectivity index (χ2v) is 4.37. The molecule has 0 aromatic heterocycles. The van der Waals surface area contributed by atoms with Crippen LogP contribution >= 0.6 is 0 Å². The van der Waals surface area contributed by atoms with Crippen molar-refractivity contribution in [3.8, 4) is 0 Å². The molecule has 0 spiro atoms. The van der Waals surface area contributed by atoms with Gasteiger partial charge in [-0.1, -0.05) is 18.2 Å². The topological polar surface area (TPSA) is 49.4 Å². The molecule has 1 heterocycles. The van der Waals surface area contributed by atoms with E-state index in [4.69, 9.17) is 0 Å². The third-order valence-corrected chi connectivity index (χ3v) is 3.00. The highest BCUT2D eigenvalue weighted by molar-refractivity contribution is 5.98. The minimum absolute atomic E-state index is 0.255. The zero-order chi connectivity index (χ0) is 14.5. The van der Waals surface area contributed by atoms with Gasteiger partial charge in [-0.2, -0.15) is 0 Å². The smallest absolute Gasteiger partial charge is 0.255 e. The molecule has 1 N–H and O–H groups in total. The molecule has 2 rings (SSSR count). The van der Waals surface area contributed by atoms with E-state index in [1.165, 1.54) is 29.2 Å². The fourth-order valence-electron chi connectivity index (χ4n) is 1.99. The Morgan fingerprint density at radius 1 is 1.40 bits per heavy atom. The fourth-order valence-corrected chi connectivity index (χ4v) is 1.99. The predicted molar refractivity (Wildman–Crippen MR) is 73.6 cm³/mol. The lowest BCUT2D eigenvalue weighted by Crippen LogP contribution is -2.46. The van der Waals surface area contributed by atoms with E-state index >= 15 is 0 Å². The Hall–Kier alpha value is -2.43. The molecular formula is C15H15FN2O2. The Morgan fingerprint density at radius 2 is 2.10 bits per heavy atom. The highest BCUT2D eigenvalue weighted by Gasteiger charge is 2.30.